The molecule has 1 saturated heterocycles. The lowest BCUT2D eigenvalue weighted by atomic mass is 10.1. The van der Waals surface area contributed by atoms with Gasteiger partial charge >= 0.3 is 0 Å². The van der Waals surface area contributed by atoms with Crippen molar-refractivity contribution in [2.45, 2.75) is 13.3 Å². The lowest BCUT2D eigenvalue weighted by molar-refractivity contribution is 0.0999. The number of nitrogens with zero attached hydrogens (tertiary/aromatic N) is 2. The lowest BCUT2D eigenvalue weighted by Crippen LogP contribution is -2.26. The third-order valence-corrected chi connectivity index (χ3v) is 4.55. The molecule has 1 fully saturated rings. The third kappa shape index (κ3) is 2.10. The van der Waals surface area contributed by atoms with E-state index in [0.717, 1.165) is 0 Å². The molecule has 0 aromatic carbocycles. The minimum absolute atomic E-state index is 0.120. The normalized spacial score (nSPS) is 18.3. The highest BCUT2D eigenvalue weighted by Gasteiger charge is 2.29. The van der Waals surface area contributed by atoms with Gasteiger partial charge in [0.15, 0.2) is 0 Å². The molecular weight excluding hydrogens is 242 g/mol. The minimum atomic E-state index is -3.28. The van der Waals surface area contributed by atoms with Crippen LogP contribution in [0.1, 0.15) is 22.3 Å². The number of primary amides is 1. The van der Waals surface area contributed by atoms with Crippen LogP contribution in [0.4, 0.5) is 5.82 Å². The van der Waals surface area contributed by atoms with Gasteiger partial charge in [0.05, 0.1) is 5.75 Å². The highest BCUT2D eigenvalue weighted by Crippen LogP contribution is 2.23. The largest absolute Gasteiger partial charge is 0.366 e. The summed E-state index contributed by atoms with van der Waals surface area (Å²) in [7, 11) is -3.28. The number of pyridine rings is 1. The number of hydrogen-bond acceptors (Lipinski definition) is 4. The zero-order valence-electron chi connectivity index (χ0n) is 9.38. The summed E-state index contributed by atoms with van der Waals surface area (Å²) < 4.78 is 24.6. The van der Waals surface area contributed by atoms with Crippen LogP contribution in [0.5, 0.6) is 0 Å². The molecular formula is C10H13N3O3S. The van der Waals surface area contributed by atoms with E-state index < -0.39 is 15.9 Å². The Morgan fingerprint density at radius 1 is 1.53 bits per heavy atom. The fraction of sp³-hybridized carbons (Fsp3) is 0.400. The van der Waals surface area contributed by atoms with Gasteiger partial charge in [0.1, 0.15) is 5.82 Å². The molecule has 2 rings (SSSR count). The van der Waals surface area contributed by atoms with Gasteiger partial charge in [-0.2, -0.15) is 0 Å². The Kier molecular flexibility index (Phi) is 2.78. The number of aryl methyl sites for hydroxylation is 1. The summed E-state index contributed by atoms with van der Waals surface area (Å²) in [5.41, 5.74) is 6.15. The topological polar surface area (TPSA) is 93.4 Å². The van der Waals surface area contributed by atoms with Crippen molar-refractivity contribution in [1.82, 2.24) is 4.98 Å². The first-order valence-corrected chi connectivity index (χ1v) is 6.79. The second kappa shape index (κ2) is 3.99. The van der Waals surface area contributed by atoms with Crippen LogP contribution in [-0.2, 0) is 10.0 Å². The van der Waals surface area contributed by atoms with E-state index in [1.54, 1.807) is 6.92 Å². The van der Waals surface area contributed by atoms with E-state index in [0.29, 0.717) is 24.1 Å². The maximum atomic E-state index is 11.7. The van der Waals surface area contributed by atoms with Crippen molar-refractivity contribution in [2.75, 3.05) is 16.6 Å². The molecule has 17 heavy (non-hydrogen) atoms. The van der Waals surface area contributed by atoms with Crippen LogP contribution in [0.15, 0.2) is 12.3 Å². The quantitative estimate of drug-likeness (QED) is 0.806. The Bertz CT molecular complexity index is 568. The third-order valence-electron chi connectivity index (χ3n) is 2.71. The molecule has 92 valence electrons. The molecule has 0 radical (unpaired) electrons. The van der Waals surface area contributed by atoms with E-state index in [4.69, 9.17) is 5.73 Å². The van der Waals surface area contributed by atoms with Crippen LogP contribution in [0.2, 0.25) is 0 Å². The molecule has 7 heteroatoms. The summed E-state index contributed by atoms with van der Waals surface area (Å²) in [5, 5.41) is 0. The first-order valence-electron chi connectivity index (χ1n) is 5.19. The van der Waals surface area contributed by atoms with Gasteiger partial charge < -0.3 is 5.73 Å². The number of hydrogen-bond donors (Lipinski definition) is 1. The zero-order chi connectivity index (χ0) is 12.6. The molecule has 0 atom stereocenters. The number of sulfonamides is 1. The van der Waals surface area contributed by atoms with E-state index in [-0.39, 0.29) is 11.6 Å². The predicted octanol–water partition coefficient (Wildman–Crippen LogP) is 0.0288. The van der Waals surface area contributed by atoms with Crippen LogP contribution in [-0.4, -0.2) is 31.6 Å². The number of carbonyl (C=O) groups excluding carboxylic acids is 1. The SMILES string of the molecule is Cc1cnc(N2CCCS2(=O)=O)cc1C(N)=O. The van der Waals surface area contributed by atoms with Gasteiger partial charge in [0.25, 0.3) is 0 Å². The van der Waals surface area contributed by atoms with Crippen molar-refractivity contribution in [1.29, 1.82) is 0 Å². The summed E-state index contributed by atoms with van der Waals surface area (Å²) >= 11 is 0. The van der Waals surface area contributed by atoms with Crippen LogP contribution in [0, 0.1) is 6.92 Å². The average Bonchev–Trinajstić information content (AvgIpc) is 2.58. The Morgan fingerprint density at radius 3 is 2.76 bits per heavy atom. The summed E-state index contributed by atoms with van der Waals surface area (Å²) in [6, 6.07) is 1.43. The molecule has 2 heterocycles. The molecule has 0 unspecified atom stereocenters. The van der Waals surface area contributed by atoms with E-state index in [2.05, 4.69) is 4.98 Å². The Balaban J connectivity index is 2.47. The maximum absolute atomic E-state index is 11.7. The molecule has 1 aliphatic heterocycles. The maximum Gasteiger partial charge on any atom is 0.249 e. The summed E-state index contributed by atoms with van der Waals surface area (Å²) in [6.07, 6.45) is 2.03. The minimum Gasteiger partial charge on any atom is -0.366 e. The van der Waals surface area contributed by atoms with Crippen LogP contribution < -0.4 is 10.0 Å². The Labute approximate surface area is 99.5 Å². The van der Waals surface area contributed by atoms with Crippen LogP contribution in [0.25, 0.3) is 0 Å². The number of anilines is 1. The zero-order valence-corrected chi connectivity index (χ0v) is 10.2. The van der Waals surface area contributed by atoms with E-state index >= 15 is 0 Å². The average molecular weight is 255 g/mol. The number of amides is 1. The molecule has 1 amide bonds. The number of nitrogens with two attached hydrogens (primary N) is 1. The van der Waals surface area contributed by atoms with Crippen molar-refractivity contribution in [2.24, 2.45) is 5.73 Å². The summed E-state index contributed by atoms with van der Waals surface area (Å²) in [5.74, 6) is -0.196. The molecule has 0 aliphatic carbocycles. The molecule has 1 aromatic heterocycles. The van der Waals surface area contributed by atoms with Crippen LogP contribution >= 0.6 is 0 Å². The van der Waals surface area contributed by atoms with Crippen molar-refractivity contribution in [3.05, 3.63) is 23.4 Å². The fourth-order valence-corrected chi connectivity index (χ4v) is 3.32. The first-order chi connectivity index (χ1) is 7.92. The summed E-state index contributed by atoms with van der Waals surface area (Å²) in [4.78, 5) is 15.2. The Hall–Kier alpha value is -1.63. The predicted molar refractivity (Wildman–Crippen MR) is 63.2 cm³/mol. The van der Waals surface area contributed by atoms with Crippen molar-refractivity contribution < 1.29 is 13.2 Å². The van der Waals surface area contributed by atoms with Gasteiger partial charge in [-0.05, 0) is 25.0 Å². The van der Waals surface area contributed by atoms with Gasteiger partial charge in [-0.15, -0.1) is 0 Å². The van der Waals surface area contributed by atoms with Gasteiger partial charge in [0, 0.05) is 18.3 Å². The van der Waals surface area contributed by atoms with Crippen molar-refractivity contribution >= 4 is 21.7 Å². The summed E-state index contributed by atoms with van der Waals surface area (Å²) in [6.45, 7) is 2.10. The smallest absolute Gasteiger partial charge is 0.249 e. The first kappa shape index (κ1) is 11.8. The second-order valence-electron chi connectivity index (χ2n) is 3.96. The number of rotatable bonds is 2. The van der Waals surface area contributed by atoms with Gasteiger partial charge in [0.2, 0.25) is 15.9 Å². The van der Waals surface area contributed by atoms with Gasteiger partial charge in [-0.25, -0.2) is 13.4 Å². The molecule has 2 N–H and O–H groups in total. The van der Waals surface area contributed by atoms with Crippen molar-refractivity contribution in [3.63, 3.8) is 0 Å². The standard InChI is InChI=1S/C10H13N3O3S/c1-7-6-12-9(5-8(7)10(11)14)13-3-2-4-17(13,15)16/h5-6H,2-4H2,1H3,(H2,11,14). The Morgan fingerprint density at radius 2 is 2.24 bits per heavy atom. The van der Waals surface area contributed by atoms with E-state index in [1.807, 2.05) is 0 Å². The fourth-order valence-electron chi connectivity index (χ4n) is 1.81. The lowest BCUT2D eigenvalue weighted by Gasteiger charge is -2.16. The molecule has 0 saturated carbocycles. The van der Waals surface area contributed by atoms with Gasteiger partial charge in [-0.3, -0.25) is 9.10 Å². The second-order valence-corrected chi connectivity index (χ2v) is 5.98. The molecule has 6 nitrogen and oxygen atoms in total. The highest BCUT2D eigenvalue weighted by atomic mass is 32.2. The van der Waals surface area contributed by atoms with Crippen LogP contribution in [0.3, 0.4) is 0 Å². The molecule has 0 bridgehead atoms. The molecule has 0 spiro atoms. The number of aromatic nitrogens is 1. The highest BCUT2D eigenvalue weighted by molar-refractivity contribution is 7.93. The monoisotopic (exact) mass is 255 g/mol. The van der Waals surface area contributed by atoms with Crippen molar-refractivity contribution in [3.8, 4) is 0 Å². The molecule has 1 aromatic rings. The number of carbonyl (C=O) groups is 1. The van der Waals surface area contributed by atoms with Gasteiger partial charge in [-0.1, -0.05) is 0 Å². The molecule has 1 aliphatic rings. The van der Waals surface area contributed by atoms with E-state index in [1.165, 1.54) is 16.6 Å². The van der Waals surface area contributed by atoms with E-state index in [9.17, 15) is 13.2 Å².